The third-order valence-electron chi connectivity index (χ3n) is 3.22. The minimum atomic E-state index is -0.598. The second kappa shape index (κ2) is 6.51. The summed E-state index contributed by atoms with van der Waals surface area (Å²) in [5, 5.41) is 9.57. The molecule has 0 saturated carbocycles. The molecule has 1 atom stereocenters. The van der Waals surface area contributed by atoms with Crippen molar-refractivity contribution < 1.29 is 14.3 Å². The zero-order valence-corrected chi connectivity index (χ0v) is 11.1. The molecule has 0 aliphatic carbocycles. The summed E-state index contributed by atoms with van der Waals surface area (Å²) in [6.45, 7) is 1.00. The fourth-order valence-electron chi connectivity index (χ4n) is 2.23. The highest BCUT2D eigenvalue weighted by Gasteiger charge is 2.24. The number of carbonyl (C=O) groups excluding carboxylic acids is 1. The molecule has 0 aromatic heterocycles. The van der Waals surface area contributed by atoms with Gasteiger partial charge in [-0.1, -0.05) is 11.8 Å². The standard InChI is InChI=1S/C15H17FN2O2/c16-14-9-11(3-1-7-17)5-6-13(14)15(20)18-8-2-4-12(19)10-18/h5-6,9,12,19H,2,4,7-8,10,17H2. The minimum absolute atomic E-state index is 0.0115. The number of aliphatic hydroxyl groups is 1. The molecule has 5 heteroatoms. The molecule has 1 unspecified atom stereocenters. The smallest absolute Gasteiger partial charge is 0.256 e. The molecule has 1 fully saturated rings. The first-order chi connectivity index (χ1) is 9.61. The molecule has 1 aliphatic rings. The number of amides is 1. The summed E-state index contributed by atoms with van der Waals surface area (Å²) >= 11 is 0. The normalized spacial score (nSPS) is 18.4. The zero-order valence-electron chi connectivity index (χ0n) is 11.1. The summed E-state index contributed by atoms with van der Waals surface area (Å²) in [5.74, 6) is 4.36. The first-order valence-electron chi connectivity index (χ1n) is 6.57. The van der Waals surface area contributed by atoms with Gasteiger partial charge in [-0.2, -0.15) is 0 Å². The number of nitrogens with zero attached hydrogens (tertiary/aromatic N) is 1. The van der Waals surface area contributed by atoms with Gasteiger partial charge in [-0.3, -0.25) is 4.79 Å². The van der Waals surface area contributed by atoms with E-state index in [0.29, 0.717) is 18.5 Å². The molecule has 4 nitrogen and oxygen atoms in total. The van der Waals surface area contributed by atoms with Gasteiger partial charge in [-0.25, -0.2) is 4.39 Å². The van der Waals surface area contributed by atoms with Gasteiger partial charge in [0, 0.05) is 18.7 Å². The molecule has 0 spiro atoms. The van der Waals surface area contributed by atoms with E-state index in [4.69, 9.17) is 5.73 Å². The highest BCUT2D eigenvalue weighted by Crippen LogP contribution is 2.17. The first-order valence-corrected chi connectivity index (χ1v) is 6.57. The largest absolute Gasteiger partial charge is 0.391 e. The number of halogens is 1. The van der Waals surface area contributed by atoms with Crippen molar-refractivity contribution in [3.63, 3.8) is 0 Å². The monoisotopic (exact) mass is 276 g/mol. The van der Waals surface area contributed by atoms with Crippen LogP contribution in [-0.2, 0) is 0 Å². The number of piperidine rings is 1. The van der Waals surface area contributed by atoms with Gasteiger partial charge in [0.05, 0.1) is 18.2 Å². The fourth-order valence-corrected chi connectivity index (χ4v) is 2.23. The van der Waals surface area contributed by atoms with Crippen LogP contribution in [0.1, 0.15) is 28.8 Å². The van der Waals surface area contributed by atoms with Crippen LogP contribution in [0.2, 0.25) is 0 Å². The van der Waals surface area contributed by atoms with Crippen molar-refractivity contribution in [1.29, 1.82) is 0 Å². The zero-order chi connectivity index (χ0) is 14.5. The van der Waals surface area contributed by atoms with E-state index in [1.54, 1.807) is 6.07 Å². The summed E-state index contributed by atoms with van der Waals surface area (Å²) in [6, 6.07) is 4.26. The highest BCUT2D eigenvalue weighted by atomic mass is 19.1. The van der Waals surface area contributed by atoms with Crippen LogP contribution in [-0.4, -0.2) is 41.7 Å². The van der Waals surface area contributed by atoms with Gasteiger partial charge in [0.25, 0.3) is 5.91 Å². The summed E-state index contributed by atoms with van der Waals surface area (Å²) in [7, 11) is 0. The lowest BCUT2D eigenvalue weighted by Crippen LogP contribution is -2.42. The quantitative estimate of drug-likeness (QED) is 0.743. The second-order valence-electron chi connectivity index (χ2n) is 4.75. The lowest BCUT2D eigenvalue weighted by atomic mass is 10.1. The third kappa shape index (κ3) is 3.35. The molecule has 1 saturated heterocycles. The van der Waals surface area contributed by atoms with Gasteiger partial charge < -0.3 is 15.7 Å². The van der Waals surface area contributed by atoms with Crippen LogP contribution in [0, 0.1) is 17.7 Å². The van der Waals surface area contributed by atoms with E-state index in [1.165, 1.54) is 17.0 Å². The van der Waals surface area contributed by atoms with Crippen LogP contribution in [0.5, 0.6) is 0 Å². The van der Waals surface area contributed by atoms with Crippen molar-refractivity contribution in [2.45, 2.75) is 18.9 Å². The Morgan fingerprint density at radius 1 is 1.55 bits per heavy atom. The van der Waals surface area contributed by atoms with Crippen molar-refractivity contribution in [3.8, 4) is 11.8 Å². The SMILES string of the molecule is NCC#Cc1ccc(C(=O)N2CCCC(O)C2)c(F)c1. The Bertz CT molecular complexity index is 563. The van der Waals surface area contributed by atoms with Crippen molar-refractivity contribution in [2.75, 3.05) is 19.6 Å². The third-order valence-corrected chi connectivity index (χ3v) is 3.22. The van der Waals surface area contributed by atoms with E-state index < -0.39 is 11.9 Å². The van der Waals surface area contributed by atoms with E-state index in [2.05, 4.69) is 11.8 Å². The minimum Gasteiger partial charge on any atom is -0.391 e. The average Bonchev–Trinajstić information content (AvgIpc) is 2.44. The Hall–Kier alpha value is -1.90. The van der Waals surface area contributed by atoms with Crippen LogP contribution in [0.4, 0.5) is 4.39 Å². The first kappa shape index (κ1) is 14.5. The molecule has 1 aliphatic heterocycles. The van der Waals surface area contributed by atoms with E-state index >= 15 is 0 Å². The fraction of sp³-hybridized carbons (Fsp3) is 0.400. The summed E-state index contributed by atoms with van der Waals surface area (Å²) in [4.78, 5) is 13.7. The molecule has 3 N–H and O–H groups in total. The van der Waals surface area contributed by atoms with E-state index in [1.807, 2.05) is 0 Å². The molecule has 1 aromatic rings. The summed E-state index contributed by atoms with van der Waals surface area (Å²) in [5.41, 5.74) is 5.75. The number of rotatable bonds is 1. The lowest BCUT2D eigenvalue weighted by Gasteiger charge is -2.30. The molecule has 1 heterocycles. The number of hydrogen-bond acceptors (Lipinski definition) is 3. The van der Waals surface area contributed by atoms with Crippen LogP contribution < -0.4 is 5.73 Å². The van der Waals surface area contributed by atoms with E-state index in [-0.39, 0.29) is 24.6 Å². The number of likely N-dealkylation sites (tertiary alicyclic amines) is 1. The van der Waals surface area contributed by atoms with E-state index in [9.17, 15) is 14.3 Å². The van der Waals surface area contributed by atoms with Crippen LogP contribution in [0.25, 0.3) is 0 Å². The Morgan fingerprint density at radius 3 is 3.00 bits per heavy atom. The number of β-amino-alcohol motifs (C(OH)–C–C–N with tert-alkyl or cyclic N) is 1. The predicted octanol–water partition coefficient (Wildman–Crippen LogP) is 0.733. The van der Waals surface area contributed by atoms with Crippen molar-refractivity contribution in [1.82, 2.24) is 4.90 Å². The Kier molecular flexibility index (Phi) is 4.72. The van der Waals surface area contributed by atoms with Gasteiger partial charge in [0.15, 0.2) is 0 Å². The maximum atomic E-state index is 14.0. The number of benzene rings is 1. The van der Waals surface area contributed by atoms with Crippen LogP contribution in [0.15, 0.2) is 18.2 Å². The Balaban J connectivity index is 2.17. The van der Waals surface area contributed by atoms with Gasteiger partial charge in [0.1, 0.15) is 5.82 Å². The highest BCUT2D eigenvalue weighted by molar-refractivity contribution is 5.94. The molecule has 106 valence electrons. The molecular weight excluding hydrogens is 259 g/mol. The number of aliphatic hydroxyl groups excluding tert-OH is 1. The number of nitrogens with two attached hydrogens (primary N) is 1. The molecule has 1 amide bonds. The van der Waals surface area contributed by atoms with Crippen LogP contribution in [0.3, 0.4) is 0 Å². The molecule has 1 aromatic carbocycles. The molecular formula is C15H17FN2O2. The lowest BCUT2D eigenvalue weighted by molar-refractivity contribution is 0.0470. The maximum absolute atomic E-state index is 14.0. The predicted molar refractivity (Wildman–Crippen MR) is 73.5 cm³/mol. The topological polar surface area (TPSA) is 66.6 Å². The maximum Gasteiger partial charge on any atom is 0.256 e. The van der Waals surface area contributed by atoms with Crippen molar-refractivity contribution >= 4 is 5.91 Å². The van der Waals surface area contributed by atoms with Crippen molar-refractivity contribution in [2.24, 2.45) is 5.73 Å². The molecule has 0 bridgehead atoms. The Labute approximate surface area is 117 Å². The summed E-state index contributed by atoms with van der Waals surface area (Å²) < 4.78 is 14.0. The average molecular weight is 276 g/mol. The Morgan fingerprint density at radius 2 is 2.35 bits per heavy atom. The van der Waals surface area contributed by atoms with Gasteiger partial charge >= 0.3 is 0 Å². The molecule has 0 radical (unpaired) electrons. The molecule has 2 rings (SSSR count). The number of carbonyl (C=O) groups is 1. The van der Waals surface area contributed by atoms with Gasteiger partial charge in [-0.05, 0) is 31.0 Å². The van der Waals surface area contributed by atoms with Crippen LogP contribution >= 0.6 is 0 Å². The molecule has 20 heavy (non-hydrogen) atoms. The van der Waals surface area contributed by atoms with Gasteiger partial charge in [0.2, 0.25) is 0 Å². The second-order valence-corrected chi connectivity index (χ2v) is 4.75. The van der Waals surface area contributed by atoms with Crippen molar-refractivity contribution in [3.05, 3.63) is 35.1 Å². The summed E-state index contributed by atoms with van der Waals surface area (Å²) in [6.07, 6.45) is 0.888. The van der Waals surface area contributed by atoms with E-state index in [0.717, 1.165) is 6.42 Å². The van der Waals surface area contributed by atoms with Gasteiger partial charge in [-0.15, -0.1) is 0 Å². The number of hydrogen-bond donors (Lipinski definition) is 2.